The van der Waals surface area contributed by atoms with Gasteiger partial charge in [-0.2, -0.15) is 0 Å². The lowest BCUT2D eigenvalue weighted by Gasteiger charge is -2.11. The summed E-state index contributed by atoms with van der Waals surface area (Å²) < 4.78 is 7.32. The minimum atomic E-state index is -0.376. The number of nitrogens with zero attached hydrogens (tertiary/aromatic N) is 2. The summed E-state index contributed by atoms with van der Waals surface area (Å²) in [7, 11) is 0. The zero-order valence-corrected chi connectivity index (χ0v) is 13.2. The molecule has 5 nitrogen and oxygen atoms in total. The number of alkyl carbamates (subject to hydrolysis) is 1. The van der Waals surface area contributed by atoms with Gasteiger partial charge in [0.25, 0.3) is 0 Å². The van der Waals surface area contributed by atoms with Crippen molar-refractivity contribution in [3.05, 3.63) is 53.6 Å². The largest absolute Gasteiger partial charge is 0.443 e. The van der Waals surface area contributed by atoms with Crippen molar-refractivity contribution in [2.45, 2.75) is 39.8 Å². The van der Waals surface area contributed by atoms with E-state index in [9.17, 15) is 4.79 Å². The molecule has 1 heterocycles. The van der Waals surface area contributed by atoms with E-state index >= 15 is 0 Å². The van der Waals surface area contributed by atoms with Crippen molar-refractivity contribution in [2.75, 3.05) is 6.54 Å². The molecule has 0 fully saturated rings. The second-order valence-corrected chi connectivity index (χ2v) is 5.22. The van der Waals surface area contributed by atoms with Crippen molar-refractivity contribution in [1.29, 1.82) is 0 Å². The van der Waals surface area contributed by atoms with Crippen molar-refractivity contribution in [2.24, 2.45) is 0 Å². The van der Waals surface area contributed by atoms with E-state index in [2.05, 4.69) is 33.9 Å². The predicted octanol–water partition coefficient (Wildman–Crippen LogP) is 3.27. The van der Waals surface area contributed by atoms with Crippen molar-refractivity contribution in [3.63, 3.8) is 0 Å². The van der Waals surface area contributed by atoms with E-state index in [0.29, 0.717) is 6.54 Å². The molecule has 22 heavy (non-hydrogen) atoms. The maximum atomic E-state index is 11.6. The molecule has 1 aromatic carbocycles. The Balaban J connectivity index is 1.93. The highest BCUT2D eigenvalue weighted by Gasteiger charge is 2.09. The first kappa shape index (κ1) is 16.1. The van der Waals surface area contributed by atoms with Gasteiger partial charge in [0, 0.05) is 13.1 Å². The van der Waals surface area contributed by atoms with Gasteiger partial charge in [-0.05, 0) is 18.9 Å². The summed E-state index contributed by atoms with van der Waals surface area (Å²) in [4.78, 5) is 15.9. The molecule has 5 heteroatoms. The number of carbonyl (C=O) groups is 1. The topological polar surface area (TPSA) is 56.1 Å². The number of imidazole rings is 1. The van der Waals surface area contributed by atoms with Crippen LogP contribution in [0, 0.1) is 6.92 Å². The fourth-order valence-electron chi connectivity index (χ4n) is 2.17. The molecular formula is C17H23N3O2. The van der Waals surface area contributed by atoms with Crippen LogP contribution < -0.4 is 5.32 Å². The Kier molecular flexibility index (Phi) is 6.01. The average molecular weight is 301 g/mol. The summed E-state index contributed by atoms with van der Waals surface area (Å²) in [5.74, 6) is 0.911. The maximum Gasteiger partial charge on any atom is 0.407 e. The number of carbonyl (C=O) groups excluding carboxylic acids is 1. The number of rotatable bonds is 7. The van der Waals surface area contributed by atoms with Crippen molar-refractivity contribution in [3.8, 4) is 0 Å². The first-order chi connectivity index (χ1) is 10.7. The van der Waals surface area contributed by atoms with Crippen LogP contribution in [-0.4, -0.2) is 22.2 Å². The summed E-state index contributed by atoms with van der Waals surface area (Å²) in [6.45, 7) is 5.64. The van der Waals surface area contributed by atoms with Crippen LogP contribution >= 0.6 is 0 Å². The fraction of sp³-hybridized carbons (Fsp3) is 0.412. The van der Waals surface area contributed by atoms with Gasteiger partial charge in [-0.1, -0.05) is 43.7 Å². The van der Waals surface area contributed by atoms with E-state index in [1.807, 2.05) is 25.1 Å². The molecule has 1 N–H and O–H groups in total. The van der Waals surface area contributed by atoms with Crippen LogP contribution in [-0.2, 0) is 17.9 Å². The third-order valence-corrected chi connectivity index (χ3v) is 3.47. The van der Waals surface area contributed by atoms with Gasteiger partial charge in [0.05, 0.1) is 11.9 Å². The van der Waals surface area contributed by atoms with E-state index in [1.54, 1.807) is 6.20 Å². The van der Waals surface area contributed by atoms with Crippen LogP contribution in [0.2, 0.25) is 0 Å². The standard InChI is InChI=1S/C17H23N3O2/c1-3-4-10-18-17(21)22-13-16-11-19-14(2)20(16)12-15-8-6-5-7-9-15/h5-9,11H,3-4,10,12-13H2,1-2H3,(H,18,21). The molecule has 0 atom stereocenters. The van der Waals surface area contributed by atoms with E-state index in [4.69, 9.17) is 4.74 Å². The number of hydrogen-bond acceptors (Lipinski definition) is 3. The van der Waals surface area contributed by atoms with Crippen LogP contribution in [0.1, 0.15) is 36.8 Å². The summed E-state index contributed by atoms with van der Waals surface area (Å²) in [6, 6.07) is 10.2. The Labute approximate surface area is 131 Å². The first-order valence-electron chi connectivity index (χ1n) is 7.66. The Morgan fingerprint density at radius 2 is 2.09 bits per heavy atom. The molecule has 0 unspecified atom stereocenters. The van der Waals surface area contributed by atoms with Gasteiger partial charge < -0.3 is 14.6 Å². The maximum absolute atomic E-state index is 11.6. The summed E-state index contributed by atoms with van der Waals surface area (Å²) >= 11 is 0. The molecule has 0 aliphatic rings. The van der Waals surface area contributed by atoms with Crippen LogP contribution in [0.15, 0.2) is 36.5 Å². The van der Waals surface area contributed by atoms with Gasteiger partial charge in [0.15, 0.2) is 0 Å². The highest BCUT2D eigenvalue weighted by atomic mass is 16.5. The zero-order valence-electron chi connectivity index (χ0n) is 13.2. The van der Waals surface area contributed by atoms with Gasteiger partial charge in [0.2, 0.25) is 0 Å². The number of unbranched alkanes of at least 4 members (excludes halogenated alkanes) is 1. The van der Waals surface area contributed by atoms with Gasteiger partial charge in [0.1, 0.15) is 12.4 Å². The number of benzene rings is 1. The van der Waals surface area contributed by atoms with Crippen LogP contribution in [0.5, 0.6) is 0 Å². The Hall–Kier alpha value is -2.30. The van der Waals surface area contributed by atoms with Crippen LogP contribution in [0.25, 0.3) is 0 Å². The van der Waals surface area contributed by atoms with E-state index in [0.717, 1.165) is 30.9 Å². The van der Waals surface area contributed by atoms with E-state index < -0.39 is 0 Å². The van der Waals surface area contributed by atoms with Gasteiger partial charge in [-0.15, -0.1) is 0 Å². The molecule has 2 rings (SSSR count). The van der Waals surface area contributed by atoms with Crippen LogP contribution in [0.3, 0.4) is 0 Å². The van der Waals surface area contributed by atoms with Crippen molar-refractivity contribution in [1.82, 2.24) is 14.9 Å². The lowest BCUT2D eigenvalue weighted by Crippen LogP contribution is -2.25. The molecule has 0 saturated heterocycles. The quantitative estimate of drug-likeness (QED) is 0.799. The number of nitrogens with one attached hydrogen (secondary N) is 1. The van der Waals surface area contributed by atoms with E-state index in [1.165, 1.54) is 5.56 Å². The normalized spacial score (nSPS) is 10.5. The second-order valence-electron chi connectivity index (χ2n) is 5.22. The SMILES string of the molecule is CCCCNC(=O)OCc1cnc(C)n1Cc1ccccc1. The lowest BCUT2D eigenvalue weighted by atomic mass is 10.2. The third kappa shape index (κ3) is 4.62. The Morgan fingerprint density at radius 1 is 1.32 bits per heavy atom. The minimum Gasteiger partial charge on any atom is -0.443 e. The molecule has 0 saturated carbocycles. The van der Waals surface area contributed by atoms with E-state index in [-0.39, 0.29) is 12.7 Å². The third-order valence-electron chi connectivity index (χ3n) is 3.47. The lowest BCUT2D eigenvalue weighted by molar-refractivity contribution is 0.137. The molecule has 0 aliphatic carbocycles. The average Bonchev–Trinajstić information content (AvgIpc) is 2.87. The Bertz CT molecular complexity index is 593. The smallest absolute Gasteiger partial charge is 0.407 e. The van der Waals surface area contributed by atoms with Gasteiger partial charge in [-0.3, -0.25) is 0 Å². The number of ether oxygens (including phenoxy) is 1. The van der Waals surface area contributed by atoms with Crippen molar-refractivity contribution >= 4 is 6.09 Å². The minimum absolute atomic E-state index is 0.228. The number of aromatic nitrogens is 2. The first-order valence-corrected chi connectivity index (χ1v) is 7.66. The van der Waals surface area contributed by atoms with Gasteiger partial charge >= 0.3 is 6.09 Å². The summed E-state index contributed by atoms with van der Waals surface area (Å²) in [5.41, 5.74) is 2.09. The molecule has 0 bridgehead atoms. The highest BCUT2D eigenvalue weighted by molar-refractivity contribution is 5.67. The molecule has 0 aliphatic heterocycles. The molecular weight excluding hydrogens is 278 g/mol. The number of aryl methyl sites for hydroxylation is 1. The summed E-state index contributed by atoms with van der Waals surface area (Å²) in [6.07, 6.45) is 3.39. The molecule has 1 amide bonds. The highest BCUT2D eigenvalue weighted by Crippen LogP contribution is 2.11. The Morgan fingerprint density at radius 3 is 2.82 bits per heavy atom. The predicted molar refractivity (Wildman–Crippen MR) is 85.6 cm³/mol. The molecule has 2 aromatic rings. The zero-order chi connectivity index (χ0) is 15.8. The fourth-order valence-corrected chi connectivity index (χ4v) is 2.17. The molecule has 1 aromatic heterocycles. The molecule has 118 valence electrons. The summed E-state index contributed by atoms with van der Waals surface area (Å²) in [5, 5.41) is 2.74. The number of hydrogen-bond donors (Lipinski definition) is 1. The van der Waals surface area contributed by atoms with Crippen molar-refractivity contribution < 1.29 is 9.53 Å². The molecule has 0 spiro atoms. The van der Waals surface area contributed by atoms with Gasteiger partial charge in [-0.25, -0.2) is 9.78 Å². The van der Waals surface area contributed by atoms with Crippen LogP contribution in [0.4, 0.5) is 4.79 Å². The molecule has 0 radical (unpaired) electrons. The number of amides is 1. The monoisotopic (exact) mass is 301 g/mol. The second kappa shape index (κ2) is 8.22.